The van der Waals surface area contributed by atoms with Crippen LogP contribution < -0.4 is 5.73 Å². The molecule has 0 amide bonds. The Hall–Kier alpha value is -3.27. The van der Waals surface area contributed by atoms with E-state index in [0.29, 0.717) is 0 Å². The van der Waals surface area contributed by atoms with Gasteiger partial charge in [-0.2, -0.15) is 0 Å². The molecule has 0 aromatic heterocycles. The number of carboxylic acid groups (broad SMARTS) is 2. The third-order valence-corrected chi connectivity index (χ3v) is 26.0. The van der Waals surface area contributed by atoms with Crippen molar-refractivity contribution in [1.29, 1.82) is 0 Å². The molecule has 0 radical (unpaired) electrons. The SMILES string of the molecule is N[C@H]1[C@H](OC[C@H](O)[C@H]2O[C@H](OC[C@H](O)[C@H]3O[C@H](O[C@@H]4[C@H](O)[C@@H](O[C@H]5[C@@H]([C@H](O)CO)O[C@@](O)(C(=O)O)C[C@H]5O[C@]5(C(=O)O)C[C@@H](O)[C@@H](O)[C@@H]([C@H](O)CO)O5)O[C@H]([C@@H](O)CO)[C@H]4OP(=O)(O)O)[C@@H](O)[C@@H](O[C@@H]4O[C@H](CO)[C@@H](O)[C@H](O[C@H]5O[C@H](CO)[C@@H](O)[C@H](O[C@@H]6O[C@H](CO)[C@@H](O)[C@H](O)[C@H]6O)[C@H]5O[C@H]5O[C@H](CO)[C@H](O)[C@H](O)[C@H]5O[C@H]5O[C@H](CO)[C@H](O)[C@H](O)[C@H]5O)[C@H]4O)[C@@H]3O)[C@@H](O)[C@@H](O)[C@@H]2O)O[C@H](CO)[C@@H](O)[C@@H]1O. The van der Waals surface area contributed by atoms with Gasteiger partial charge in [-0.3, -0.25) is 4.52 Å². The first-order valence-corrected chi connectivity index (χ1v) is 44.9. The van der Waals surface area contributed by atoms with E-state index in [-0.39, 0.29) is 0 Å². The fraction of sp³-hybridized carbons (Fsp3) is 0.973. The molecule has 0 aliphatic carbocycles. The van der Waals surface area contributed by atoms with Crippen LogP contribution in [0.5, 0.6) is 0 Å². The minimum atomic E-state index is -6.33. The zero-order valence-electron chi connectivity index (χ0n) is 72.6. The summed E-state index contributed by atoms with van der Waals surface area (Å²) in [5.74, 6) is -12.1. The summed E-state index contributed by atoms with van der Waals surface area (Å²) in [6, 6.07) is -1.61. The van der Waals surface area contributed by atoms with Crippen molar-refractivity contribution in [3.8, 4) is 0 Å². The van der Waals surface area contributed by atoms with Gasteiger partial charge in [0.15, 0.2) is 56.6 Å². The Bertz CT molecular complexity index is 3870. The van der Waals surface area contributed by atoms with E-state index in [4.69, 9.17) is 110 Å². The molecule has 11 aliphatic rings. The zero-order chi connectivity index (χ0) is 104. The third kappa shape index (κ3) is 25.0. The molecule has 11 rings (SSSR count). The summed E-state index contributed by atoms with van der Waals surface area (Å²) < 4.78 is 140. The lowest BCUT2D eigenvalue weighted by Gasteiger charge is -2.52. The lowest BCUT2D eigenvalue weighted by Crippen LogP contribution is -2.70. The van der Waals surface area contributed by atoms with Crippen LogP contribution in [-0.4, -0.2) is 643 Å². The molecule has 0 saturated carbocycles. The summed E-state index contributed by atoms with van der Waals surface area (Å²) >= 11 is 0. The predicted octanol–water partition coefficient (Wildman–Crippen LogP) is -27.1. The van der Waals surface area contributed by atoms with E-state index in [1.165, 1.54) is 0 Å². The molecule has 0 unspecified atom stereocenters. The summed E-state index contributed by atoms with van der Waals surface area (Å²) in [7, 11) is -6.33. The summed E-state index contributed by atoms with van der Waals surface area (Å²) in [6.07, 6.45) is -140. The summed E-state index contributed by atoms with van der Waals surface area (Å²) in [5, 5.41) is 424. The number of ether oxygens (including phenoxy) is 21. The quantitative estimate of drug-likeness (QED) is 0.0253. The van der Waals surface area contributed by atoms with E-state index in [9.17, 15) is 218 Å². The highest BCUT2D eigenvalue weighted by Gasteiger charge is 2.67. The van der Waals surface area contributed by atoms with E-state index in [1.54, 1.807) is 0 Å². The van der Waals surface area contributed by atoms with Gasteiger partial charge in [0.2, 0.25) is 0 Å². The van der Waals surface area contributed by atoms with Crippen LogP contribution in [-0.2, 0) is 118 Å². The van der Waals surface area contributed by atoms with E-state index in [0.717, 1.165) is 0 Å². The maximum atomic E-state index is 13.5. The van der Waals surface area contributed by atoms with Gasteiger partial charge < -0.3 is 309 Å². The molecule has 66 nitrogen and oxygen atoms in total. The Kier molecular flexibility index (Phi) is 41.1. The number of carboxylic acids is 2. The topological polar surface area (TPSA) is 1090 Å². The highest BCUT2D eigenvalue weighted by atomic mass is 31.2. The maximum absolute atomic E-state index is 13.5. The molecule has 140 heavy (non-hydrogen) atoms. The molecule has 0 aromatic rings. The van der Waals surface area contributed by atoms with Crippen LogP contribution in [0.1, 0.15) is 12.8 Å². The fourth-order valence-corrected chi connectivity index (χ4v) is 18.1. The molecule has 0 aromatic carbocycles. The van der Waals surface area contributed by atoms with Crippen LogP contribution in [0.4, 0.5) is 0 Å². The van der Waals surface area contributed by atoms with Gasteiger partial charge in [-0.05, 0) is 0 Å². The minimum Gasteiger partial charge on any atom is -0.477 e. The molecule has 0 bridgehead atoms. The van der Waals surface area contributed by atoms with Crippen molar-refractivity contribution in [2.45, 2.75) is 368 Å². The highest BCUT2D eigenvalue weighted by molar-refractivity contribution is 7.46. The Labute approximate surface area is 785 Å². The number of nitrogens with two attached hydrogens (primary N) is 1. The van der Waals surface area contributed by atoms with Crippen LogP contribution in [0.2, 0.25) is 0 Å². The first-order chi connectivity index (χ1) is 65.8. The average molecular weight is 2090 g/mol. The van der Waals surface area contributed by atoms with E-state index < -0.39 is 460 Å². The van der Waals surface area contributed by atoms with Crippen LogP contribution >= 0.6 is 7.82 Å². The smallest absolute Gasteiger partial charge is 0.470 e. The molecule has 0 spiro atoms. The van der Waals surface area contributed by atoms with Crippen molar-refractivity contribution in [2.24, 2.45) is 5.73 Å². The van der Waals surface area contributed by atoms with Crippen LogP contribution in [0.25, 0.3) is 0 Å². The van der Waals surface area contributed by atoms with Crippen LogP contribution in [0, 0.1) is 0 Å². The van der Waals surface area contributed by atoms with Gasteiger partial charge in [-0.1, -0.05) is 0 Å². The van der Waals surface area contributed by atoms with Gasteiger partial charge in [0, 0.05) is 12.8 Å². The Morgan fingerprint density at radius 1 is 0.314 bits per heavy atom. The van der Waals surface area contributed by atoms with Crippen molar-refractivity contribution in [3.63, 3.8) is 0 Å². The second-order valence-corrected chi connectivity index (χ2v) is 36.1. The standard InChI is InChI=1S/C73H124NO65P/c74-27-35(97)29(91)21(6-78)120-61(27)118-12-18(88)48-40(102)38(100)41(103)62(126-48)119-13-19(89)49-44(106)55(46(108)66(127-49)133-57-47(109)67(128-51(16(86)4-76)59(57)139-140(115,116)117)129-53-20(2-72(114,70(110)111)137-52(53)17(87)5-77)136-73(71(112)113)1-14(84)28(90)50(138-73)15(85)3-75)130-65-45(107)54(33(95)25(10-82)123-65)131-69-60(56(34(96)26(11-83)125-69)132-63-42(104)36(98)30(92)22(7-79)121-63)135-68-58(39(101)32(94)24(9-81)124-68)134-64-43(105)37(99)31(93)23(8-80)122-64/h14-69,75-109,114H,1-13,74H2,(H,110,111)(H,112,113)(H2,115,116,117)/t14-,15-,16+,17-,18+,19+,20-,21-,22-,23-,24-,25-,26-,27-,28-,29-,30-,31+,32+,33-,34-,35-,36+,37+,38+,39+,40+,41+,42-,43-,44-,45-,46+,47+,48-,49-,50-,51-,52-,53-,54+,55+,56+,57-,58-,59-,60-,61-,62+,63+,64-,65+,66-,67-,68-,69-,72-,73-/m1/s1. The van der Waals surface area contributed by atoms with E-state index in [1.807, 2.05) is 0 Å². The number of aliphatic carboxylic acids is 2. The normalized spacial score (nSPS) is 49.6. The van der Waals surface area contributed by atoms with Crippen molar-refractivity contribution in [1.82, 2.24) is 0 Å². The lowest BCUT2D eigenvalue weighted by atomic mass is 9.89. The molecule has 816 valence electrons. The maximum Gasteiger partial charge on any atom is 0.470 e. The molecule has 11 saturated heterocycles. The van der Waals surface area contributed by atoms with Gasteiger partial charge in [-0.15, -0.1) is 0 Å². The molecule has 11 fully saturated rings. The molecule has 67 heteroatoms. The van der Waals surface area contributed by atoms with Crippen molar-refractivity contribution < 1.29 is 322 Å². The molecular weight excluding hydrogens is 1960 g/mol. The molecule has 42 N–H and O–H groups in total. The average Bonchev–Trinajstić information content (AvgIpc) is 0.744. The van der Waals surface area contributed by atoms with Crippen LogP contribution in [0.15, 0.2) is 0 Å². The fourth-order valence-electron chi connectivity index (χ4n) is 17.6. The van der Waals surface area contributed by atoms with Crippen molar-refractivity contribution in [2.75, 3.05) is 72.7 Å². The van der Waals surface area contributed by atoms with E-state index >= 15 is 0 Å². The summed E-state index contributed by atoms with van der Waals surface area (Å²) in [4.78, 5) is 47.6. The number of aliphatic hydroxyl groups excluding tert-OH is 35. The summed E-state index contributed by atoms with van der Waals surface area (Å²) in [5.41, 5.74) is 5.95. The lowest BCUT2D eigenvalue weighted by molar-refractivity contribution is -0.419. The van der Waals surface area contributed by atoms with Crippen LogP contribution in [0.3, 0.4) is 0 Å². The number of hydrogen-bond donors (Lipinski definition) is 41. The molecular formula is C73H124NO65P. The largest absolute Gasteiger partial charge is 0.477 e. The highest BCUT2D eigenvalue weighted by Crippen LogP contribution is 2.48. The summed E-state index contributed by atoms with van der Waals surface area (Å²) in [6.45, 7) is -14.6. The Morgan fingerprint density at radius 3 is 1.14 bits per heavy atom. The van der Waals surface area contributed by atoms with Gasteiger partial charge in [0.05, 0.1) is 90.9 Å². The monoisotopic (exact) mass is 2090 g/mol. The Morgan fingerprint density at radius 2 is 0.657 bits per heavy atom. The molecule has 11 aliphatic heterocycles. The number of hydrogen-bond acceptors (Lipinski definition) is 62. The zero-order valence-corrected chi connectivity index (χ0v) is 73.5. The number of carbonyl (C=O) groups is 2. The van der Waals surface area contributed by atoms with Gasteiger partial charge in [0.25, 0.3) is 11.6 Å². The minimum absolute atomic E-state index is 0.924. The predicted molar refractivity (Wildman–Crippen MR) is 416 cm³/mol. The first-order valence-electron chi connectivity index (χ1n) is 43.4. The van der Waals surface area contributed by atoms with E-state index in [2.05, 4.69) is 0 Å². The molecule has 11 heterocycles. The number of phosphoric acid groups is 1. The van der Waals surface area contributed by atoms with Gasteiger partial charge in [-0.25, -0.2) is 14.2 Å². The second kappa shape index (κ2) is 49.2. The van der Waals surface area contributed by atoms with Crippen molar-refractivity contribution >= 4 is 19.8 Å². The third-order valence-electron chi connectivity index (χ3n) is 25.5. The van der Waals surface area contributed by atoms with Crippen molar-refractivity contribution in [3.05, 3.63) is 0 Å². The number of phosphoric ester groups is 1. The molecule has 58 atom stereocenters. The second-order valence-electron chi connectivity index (χ2n) is 34.9. The first kappa shape index (κ1) is 117. The Balaban J connectivity index is 0.981. The number of rotatable bonds is 40. The van der Waals surface area contributed by atoms with Gasteiger partial charge >= 0.3 is 19.8 Å². The number of aliphatic hydroxyl groups is 36. The van der Waals surface area contributed by atoms with Gasteiger partial charge in [0.1, 0.15) is 269 Å².